The van der Waals surface area contributed by atoms with Crippen molar-refractivity contribution in [1.29, 1.82) is 0 Å². The van der Waals surface area contributed by atoms with Gasteiger partial charge in [0.2, 0.25) is 0 Å². The molecule has 4 aliphatic carbocycles. The lowest BCUT2D eigenvalue weighted by molar-refractivity contribution is -0.135. The first-order valence-corrected chi connectivity index (χ1v) is 13.1. The number of hydrogen-bond acceptors (Lipinski definition) is 2. The Morgan fingerprint density at radius 1 is 1.03 bits per heavy atom. The molecule has 2 heteroatoms. The Hall–Kier alpha value is -1.18. The van der Waals surface area contributed by atoms with Gasteiger partial charge in [-0.15, -0.1) is 0 Å². The van der Waals surface area contributed by atoms with Gasteiger partial charge in [-0.05, 0) is 90.9 Å². The van der Waals surface area contributed by atoms with Crippen LogP contribution < -0.4 is 0 Å². The van der Waals surface area contributed by atoms with Crippen molar-refractivity contribution >= 4 is 11.6 Å². The zero-order chi connectivity index (χ0) is 22.6. The van der Waals surface area contributed by atoms with Gasteiger partial charge in [-0.1, -0.05) is 59.3 Å². The lowest BCUT2D eigenvalue weighted by atomic mass is 9.46. The van der Waals surface area contributed by atoms with Crippen LogP contribution in [0.25, 0.3) is 0 Å². The van der Waals surface area contributed by atoms with Crippen molar-refractivity contribution in [2.75, 3.05) is 0 Å². The highest BCUT2D eigenvalue weighted by atomic mass is 16.1. The Morgan fingerprint density at radius 2 is 1.77 bits per heavy atom. The number of carbonyl (C=O) groups excluding carboxylic acids is 2. The fourth-order valence-electron chi connectivity index (χ4n) is 8.41. The van der Waals surface area contributed by atoms with Crippen LogP contribution in [0, 0.1) is 52.3 Å². The summed E-state index contributed by atoms with van der Waals surface area (Å²) < 4.78 is 0. The van der Waals surface area contributed by atoms with Crippen LogP contribution in [-0.2, 0) is 9.59 Å². The van der Waals surface area contributed by atoms with Gasteiger partial charge in [0.25, 0.3) is 0 Å². The van der Waals surface area contributed by atoms with Gasteiger partial charge in [0, 0.05) is 18.8 Å². The van der Waals surface area contributed by atoms with E-state index >= 15 is 0 Å². The third-order valence-corrected chi connectivity index (χ3v) is 10.5. The normalized spacial score (nSPS) is 42.2. The van der Waals surface area contributed by atoms with Gasteiger partial charge in [0.05, 0.1) is 0 Å². The maximum absolute atomic E-state index is 13.4. The SMILES string of the molecule is CC[C@H](C=C[C@@H](C)[C@H]1CC[C@H]2[C@@H]3C(=O)C=C4CC(=O)CC[C@]4(C)[C@H]3CC[C@]12C)C(C)C. The molecule has 8 atom stereocenters. The summed E-state index contributed by atoms with van der Waals surface area (Å²) in [6.07, 6.45) is 15.2. The second kappa shape index (κ2) is 8.31. The van der Waals surface area contributed by atoms with Crippen LogP contribution >= 0.6 is 0 Å². The highest BCUT2D eigenvalue weighted by Gasteiger charge is 2.61. The van der Waals surface area contributed by atoms with Crippen molar-refractivity contribution in [3.8, 4) is 0 Å². The molecule has 3 fully saturated rings. The topological polar surface area (TPSA) is 34.1 Å². The summed E-state index contributed by atoms with van der Waals surface area (Å²) in [5.41, 5.74) is 1.50. The molecule has 0 amide bonds. The molecule has 172 valence electrons. The highest BCUT2D eigenvalue weighted by Crippen LogP contribution is 2.66. The van der Waals surface area contributed by atoms with E-state index in [1.54, 1.807) is 0 Å². The summed E-state index contributed by atoms with van der Waals surface area (Å²) in [5, 5.41) is 0. The quantitative estimate of drug-likeness (QED) is 0.438. The predicted octanol–water partition coefficient (Wildman–Crippen LogP) is 7.19. The molecule has 3 saturated carbocycles. The smallest absolute Gasteiger partial charge is 0.159 e. The molecule has 0 aliphatic heterocycles. The number of fused-ring (bicyclic) bond motifs is 5. The second-order valence-electron chi connectivity index (χ2n) is 12.2. The molecule has 0 N–H and O–H groups in total. The predicted molar refractivity (Wildman–Crippen MR) is 128 cm³/mol. The maximum Gasteiger partial charge on any atom is 0.159 e. The fourth-order valence-corrected chi connectivity index (χ4v) is 8.41. The molecule has 0 heterocycles. The molecule has 4 aliphatic rings. The molecular weight excluding hydrogens is 380 g/mol. The Labute approximate surface area is 190 Å². The van der Waals surface area contributed by atoms with E-state index in [4.69, 9.17) is 0 Å². The third-order valence-electron chi connectivity index (χ3n) is 10.5. The van der Waals surface area contributed by atoms with Gasteiger partial charge >= 0.3 is 0 Å². The average molecular weight is 425 g/mol. The molecule has 2 nitrogen and oxygen atoms in total. The van der Waals surface area contributed by atoms with Crippen LogP contribution in [0.1, 0.15) is 92.9 Å². The van der Waals surface area contributed by atoms with Crippen LogP contribution in [0.3, 0.4) is 0 Å². The summed E-state index contributed by atoms with van der Waals surface area (Å²) in [7, 11) is 0. The molecule has 0 radical (unpaired) electrons. The Balaban J connectivity index is 1.58. The van der Waals surface area contributed by atoms with E-state index in [1.165, 1.54) is 25.7 Å². The Morgan fingerprint density at radius 3 is 2.45 bits per heavy atom. The molecule has 4 rings (SSSR count). The van der Waals surface area contributed by atoms with Crippen molar-refractivity contribution in [1.82, 2.24) is 0 Å². The van der Waals surface area contributed by atoms with E-state index in [-0.39, 0.29) is 16.7 Å². The fraction of sp³-hybridized carbons (Fsp3) is 0.793. The van der Waals surface area contributed by atoms with Gasteiger partial charge in [-0.25, -0.2) is 0 Å². The number of carbonyl (C=O) groups is 2. The summed E-state index contributed by atoms with van der Waals surface area (Å²) in [4.78, 5) is 25.5. The summed E-state index contributed by atoms with van der Waals surface area (Å²) in [6.45, 7) is 14.2. The summed E-state index contributed by atoms with van der Waals surface area (Å²) >= 11 is 0. The van der Waals surface area contributed by atoms with Crippen molar-refractivity contribution < 1.29 is 9.59 Å². The van der Waals surface area contributed by atoms with Crippen molar-refractivity contribution in [2.45, 2.75) is 92.9 Å². The van der Waals surface area contributed by atoms with Crippen molar-refractivity contribution in [2.24, 2.45) is 52.3 Å². The van der Waals surface area contributed by atoms with Crippen LogP contribution in [0.5, 0.6) is 0 Å². The first-order valence-electron chi connectivity index (χ1n) is 13.1. The van der Waals surface area contributed by atoms with E-state index in [9.17, 15) is 9.59 Å². The van der Waals surface area contributed by atoms with E-state index < -0.39 is 0 Å². The van der Waals surface area contributed by atoms with E-state index in [0.29, 0.717) is 59.9 Å². The minimum absolute atomic E-state index is 0.0725. The average Bonchev–Trinajstić information content (AvgIpc) is 3.06. The molecule has 0 spiro atoms. The van der Waals surface area contributed by atoms with E-state index in [2.05, 4.69) is 53.7 Å². The van der Waals surface area contributed by atoms with Crippen LogP contribution in [0.15, 0.2) is 23.8 Å². The minimum atomic E-state index is 0.0725. The highest BCUT2D eigenvalue weighted by molar-refractivity contribution is 5.96. The molecule has 0 saturated heterocycles. The van der Waals surface area contributed by atoms with Gasteiger partial charge in [-0.2, -0.15) is 0 Å². The zero-order valence-corrected chi connectivity index (χ0v) is 20.7. The van der Waals surface area contributed by atoms with Crippen molar-refractivity contribution in [3.63, 3.8) is 0 Å². The standard InChI is InChI=1S/C29H44O2/c1-7-20(18(2)3)9-8-19(4)23-10-11-24-27-25(13-15-29(23,24)6)28(5)14-12-22(30)16-21(28)17-26(27)31/h8-9,17-20,23-25,27H,7,10-16H2,1-6H3/t19-,20-,23-,24+,25+,27+,28+,29-/m1/s1. The van der Waals surface area contributed by atoms with E-state index in [1.807, 2.05) is 6.08 Å². The first-order chi connectivity index (χ1) is 14.6. The number of ketones is 2. The maximum atomic E-state index is 13.4. The molecule has 0 aromatic carbocycles. The van der Waals surface area contributed by atoms with Crippen molar-refractivity contribution in [3.05, 3.63) is 23.8 Å². The zero-order valence-electron chi connectivity index (χ0n) is 20.7. The van der Waals surface area contributed by atoms with Gasteiger partial charge in [0.15, 0.2) is 5.78 Å². The molecule has 31 heavy (non-hydrogen) atoms. The summed E-state index contributed by atoms with van der Waals surface area (Å²) in [5.74, 6) is 4.42. The van der Waals surface area contributed by atoms with Crippen LogP contribution in [-0.4, -0.2) is 11.6 Å². The lowest BCUT2D eigenvalue weighted by Gasteiger charge is -2.57. The minimum Gasteiger partial charge on any atom is -0.299 e. The van der Waals surface area contributed by atoms with Gasteiger partial charge < -0.3 is 0 Å². The van der Waals surface area contributed by atoms with Gasteiger partial charge in [0.1, 0.15) is 5.78 Å². The van der Waals surface area contributed by atoms with Crippen LogP contribution in [0.4, 0.5) is 0 Å². The molecule has 0 aromatic heterocycles. The van der Waals surface area contributed by atoms with E-state index in [0.717, 1.165) is 18.4 Å². The van der Waals surface area contributed by atoms with Crippen LogP contribution in [0.2, 0.25) is 0 Å². The molecule has 0 bridgehead atoms. The molecule has 0 aromatic rings. The number of hydrogen-bond donors (Lipinski definition) is 0. The molecule has 0 unspecified atom stereocenters. The number of Topliss-reactive ketones (excluding diaryl/α,β-unsaturated/α-hetero) is 1. The second-order valence-corrected chi connectivity index (χ2v) is 12.2. The first kappa shape index (κ1) is 23.0. The number of rotatable bonds is 5. The lowest BCUT2D eigenvalue weighted by Crippen LogP contribution is -2.53. The number of allylic oxidation sites excluding steroid dienone is 4. The Bertz CT molecular complexity index is 789. The monoisotopic (exact) mass is 424 g/mol. The molecular formula is C29H44O2. The van der Waals surface area contributed by atoms with Gasteiger partial charge in [-0.3, -0.25) is 9.59 Å². The third kappa shape index (κ3) is 3.70. The Kier molecular flexibility index (Phi) is 6.16. The largest absolute Gasteiger partial charge is 0.299 e. The summed E-state index contributed by atoms with van der Waals surface area (Å²) in [6, 6.07) is 0.